The molecule has 0 spiro atoms. The van der Waals surface area contributed by atoms with E-state index < -0.39 is 0 Å². The number of amides is 2. The average molecular weight is 495 g/mol. The van der Waals surface area contributed by atoms with Gasteiger partial charge in [-0.15, -0.1) is 0 Å². The fraction of sp³-hybridized carbons (Fsp3) is 0.370. The molecule has 0 saturated carbocycles. The summed E-state index contributed by atoms with van der Waals surface area (Å²) in [4.78, 5) is 27.4. The third kappa shape index (κ3) is 5.85. The maximum absolute atomic E-state index is 13.2. The van der Waals surface area contributed by atoms with Crippen LogP contribution < -0.4 is 10.1 Å². The van der Waals surface area contributed by atoms with E-state index in [0.29, 0.717) is 36.1 Å². The van der Waals surface area contributed by atoms with Crippen LogP contribution in [0.25, 0.3) is 0 Å². The van der Waals surface area contributed by atoms with Crippen LogP contribution in [-0.4, -0.2) is 39.6 Å². The molecule has 8 heteroatoms. The van der Waals surface area contributed by atoms with Gasteiger partial charge in [0.05, 0.1) is 17.3 Å². The van der Waals surface area contributed by atoms with Crippen molar-refractivity contribution in [2.45, 2.75) is 46.3 Å². The van der Waals surface area contributed by atoms with Crippen molar-refractivity contribution in [1.29, 1.82) is 0 Å². The third-order valence-electron chi connectivity index (χ3n) is 6.28. The Hall–Kier alpha value is -3.32. The highest BCUT2D eigenvalue weighted by atomic mass is 35.5. The Labute approximate surface area is 211 Å². The van der Waals surface area contributed by atoms with Crippen molar-refractivity contribution < 1.29 is 14.3 Å². The lowest BCUT2D eigenvalue weighted by Crippen LogP contribution is -2.41. The highest BCUT2D eigenvalue weighted by molar-refractivity contribution is 6.34. The first-order valence-electron chi connectivity index (χ1n) is 11.9. The lowest BCUT2D eigenvalue weighted by atomic mass is 10.0. The highest BCUT2D eigenvalue weighted by Gasteiger charge is 2.29. The second-order valence-electron chi connectivity index (χ2n) is 9.20. The lowest BCUT2D eigenvalue weighted by Gasteiger charge is -2.33. The predicted molar refractivity (Wildman–Crippen MR) is 137 cm³/mol. The van der Waals surface area contributed by atoms with Gasteiger partial charge in [-0.1, -0.05) is 55.8 Å². The summed E-state index contributed by atoms with van der Waals surface area (Å²) in [6, 6.07) is 15.5. The summed E-state index contributed by atoms with van der Waals surface area (Å²) in [5.74, 6) is 0.557. The number of nitrogens with zero attached hydrogens (tertiary/aromatic N) is 3. The molecule has 4 rings (SSSR count). The first-order valence-corrected chi connectivity index (χ1v) is 12.3. The van der Waals surface area contributed by atoms with E-state index in [4.69, 9.17) is 16.3 Å². The number of anilines is 1. The van der Waals surface area contributed by atoms with Gasteiger partial charge >= 0.3 is 0 Å². The molecule has 35 heavy (non-hydrogen) atoms. The lowest BCUT2D eigenvalue weighted by molar-refractivity contribution is -0.135. The quantitative estimate of drug-likeness (QED) is 0.470. The number of piperidine rings is 1. The standard InChI is InChI=1S/C27H31ClN4O3/c1-18(2)27(34)31-13-11-21(12-14-31)32-25(23(28)16-29-32)26(33)30-24-10-9-22(15-19(24)3)35-17-20-7-5-4-6-8-20/h4-10,15-16,18,21H,11-14,17H2,1-3H3,(H,30,33). The number of ether oxygens (including phenoxy) is 1. The smallest absolute Gasteiger partial charge is 0.275 e. The van der Waals surface area contributed by atoms with Gasteiger partial charge < -0.3 is 15.0 Å². The number of aromatic nitrogens is 2. The Kier molecular flexibility index (Phi) is 7.76. The van der Waals surface area contributed by atoms with E-state index >= 15 is 0 Å². The first-order chi connectivity index (χ1) is 16.8. The molecule has 2 heterocycles. The zero-order chi connectivity index (χ0) is 24.9. The number of rotatable bonds is 7. The van der Waals surface area contributed by atoms with Crippen molar-refractivity contribution in [2.75, 3.05) is 18.4 Å². The molecule has 1 N–H and O–H groups in total. The van der Waals surface area contributed by atoms with E-state index in [9.17, 15) is 9.59 Å². The van der Waals surface area contributed by atoms with Crippen LogP contribution in [0.3, 0.4) is 0 Å². The molecule has 0 aliphatic carbocycles. The molecule has 7 nitrogen and oxygen atoms in total. The Morgan fingerprint density at radius 3 is 2.51 bits per heavy atom. The molecule has 0 atom stereocenters. The molecular weight excluding hydrogens is 464 g/mol. The van der Waals surface area contributed by atoms with Gasteiger partial charge in [0.25, 0.3) is 5.91 Å². The zero-order valence-electron chi connectivity index (χ0n) is 20.3. The molecule has 0 unspecified atom stereocenters. The fourth-order valence-electron chi connectivity index (χ4n) is 4.32. The zero-order valence-corrected chi connectivity index (χ0v) is 21.1. The predicted octanol–water partition coefficient (Wildman–Crippen LogP) is 5.50. The second kappa shape index (κ2) is 11.0. The summed E-state index contributed by atoms with van der Waals surface area (Å²) in [6.07, 6.45) is 2.96. The number of carbonyl (C=O) groups is 2. The SMILES string of the molecule is Cc1cc(OCc2ccccc2)ccc1NC(=O)c1c(Cl)cnn1C1CCN(C(=O)C(C)C)CC1. The maximum Gasteiger partial charge on any atom is 0.275 e. The number of benzene rings is 2. The maximum atomic E-state index is 13.2. The molecule has 0 radical (unpaired) electrons. The molecule has 2 amide bonds. The van der Waals surface area contributed by atoms with Crippen molar-refractivity contribution in [3.63, 3.8) is 0 Å². The van der Waals surface area contributed by atoms with E-state index in [-0.39, 0.29) is 23.8 Å². The molecule has 1 saturated heterocycles. The summed E-state index contributed by atoms with van der Waals surface area (Å²) >= 11 is 6.38. The molecular formula is C27H31ClN4O3. The van der Waals surface area contributed by atoms with E-state index in [2.05, 4.69) is 10.4 Å². The topological polar surface area (TPSA) is 76.5 Å². The minimum atomic E-state index is -0.311. The van der Waals surface area contributed by atoms with Crippen LogP contribution in [0.5, 0.6) is 5.75 Å². The summed E-state index contributed by atoms with van der Waals surface area (Å²) in [5.41, 5.74) is 2.99. The van der Waals surface area contributed by atoms with Gasteiger partial charge in [-0.3, -0.25) is 14.3 Å². The largest absolute Gasteiger partial charge is 0.489 e. The van der Waals surface area contributed by atoms with Crippen LogP contribution in [0.15, 0.2) is 54.7 Å². The van der Waals surface area contributed by atoms with Gasteiger partial charge in [-0.05, 0) is 49.1 Å². The van der Waals surface area contributed by atoms with E-state index in [1.807, 2.05) is 74.2 Å². The van der Waals surface area contributed by atoms with E-state index in [0.717, 1.165) is 29.7 Å². The Bertz CT molecular complexity index is 1180. The van der Waals surface area contributed by atoms with Gasteiger partial charge in [-0.25, -0.2) is 0 Å². The summed E-state index contributed by atoms with van der Waals surface area (Å²) < 4.78 is 7.60. The molecule has 0 bridgehead atoms. The van der Waals surface area contributed by atoms with Crippen LogP contribution >= 0.6 is 11.6 Å². The van der Waals surface area contributed by atoms with Crippen molar-refractivity contribution >= 4 is 29.1 Å². The minimum Gasteiger partial charge on any atom is -0.489 e. The molecule has 184 valence electrons. The van der Waals surface area contributed by atoms with Gasteiger partial charge in [0, 0.05) is 24.7 Å². The van der Waals surface area contributed by atoms with Gasteiger partial charge in [-0.2, -0.15) is 5.10 Å². The summed E-state index contributed by atoms with van der Waals surface area (Å²) in [6.45, 7) is 7.50. The van der Waals surface area contributed by atoms with Crippen LogP contribution in [0.2, 0.25) is 5.02 Å². The number of hydrogen-bond donors (Lipinski definition) is 1. The summed E-state index contributed by atoms with van der Waals surface area (Å²) in [5, 5.41) is 7.68. The van der Waals surface area contributed by atoms with Crippen LogP contribution in [-0.2, 0) is 11.4 Å². The van der Waals surface area contributed by atoms with Crippen molar-refractivity contribution in [1.82, 2.24) is 14.7 Å². The third-order valence-corrected chi connectivity index (χ3v) is 6.55. The van der Waals surface area contributed by atoms with Crippen molar-refractivity contribution in [2.24, 2.45) is 5.92 Å². The van der Waals surface area contributed by atoms with Crippen LogP contribution in [0.4, 0.5) is 5.69 Å². The monoisotopic (exact) mass is 494 g/mol. The van der Waals surface area contributed by atoms with E-state index in [1.54, 1.807) is 4.68 Å². The number of likely N-dealkylation sites (tertiary alicyclic amines) is 1. The first kappa shape index (κ1) is 24.8. The number of nitrogens with one attached hydrogen (secondary N) is 1. The molecule has 1 aliphatic heterocycles. The number of carbonyl (C=O) groups excluding carboxylic acids is 2. The van der Waals surface area contributed by atoms with Gasteiger partial charge in [0.1, 0.15) is 18.1 Å². The molecule has 1 aliphatic rings. The van der Waals surface area contributed by atoms with Crippen molar-refractivity contribution in [3.8, 4) is 5.75 Å². The van der Waals surface area contributed by atoms with Crippen molar-refractivity contribution in [3.05, 3.63) is 76.6 Å². The Morgan fingerprint density at radius 2 is 1.86 bits per heavy atom. The van der Waals surface area contributed by atoms with Gasteiger partial charge in [0.2, 0.25) is 5.91 Å². The number of aryl methyl sites for hydroxylation is 1. The molecule has 1 fully saturated rings. The fourth-order valence-corrected chi connectivity index (χ4v) is 4.53. The summed E-state index contributed by atoms with van der Waals surface area (Å²) in [7, 11) is 0. The molecule has 3 aromatic rings. The normalized spacial score (nSPS) is 14.3. The molecule has 1 aromatic heterocycles. The Morgan fingerprint density at radius 1 is 1.14 bits per heavy atom. The Balaban J connectivity index is 1.41. The van der Waals surface area contributed by atoms with E-state index in [1.165, 1.54) is 6.20 Å². The molecule has 2 aromatic carbocycles. The number of hydrogen-bond acceptors (Lipinski definition) is 4. The second-order valence-corrected chi connectivity index (χ2v) is 9.61. The van der Waals surface area contributed by atoms with Crippen LogP contribution in [0, 0.1) is 12.8 Å². The van der Waals surface area contributed by atoms with Gasteiger partial charge in [0.15, 0.2) is 0 Å². The highest BCUT2D eigenvalue weighted by Crippen LogP contribution is 2.29. The van der Waals surface area contributed by atoms with Crippen LogP contribution in [0.1, 0.15) is 54.3 Å². The number of halogens is 1. The average Bonchev–Trinajstić information content (AvgIpc) is 3.25. The minimum absolute atomic E-state index is 0.00863.